The minimum Gasteiger partial charge on any atom is -0.409 e. The van der Waals surface area contributed by atoms with Gasteiger partial charge in [0, 0.05) is 6.20 Å². The SMILES string of the molecule is Cc1cccnc1CNC(=O)C1(/C(N)=N/O)CCC1. The number of rotatable bonds is 4. The molecule has 4 N–H and O–H groups in total. The molecule has 0 bridgehead atoms. The molecule has 2 rings (SSSR count). The number of pyridine rings is 1. The van der Waals surface area contributed by atoms with Gasteiger partial charge in [-0.3, -0.25) is 9.78 Å². The molecular formula is C13H18N4O2. The number of amidine groups is 1. The number of aromatic nitrogens is 1. The van der Waals surface area contributed by atoms with Crippen LogP contribution in [-0.4, -0.2) is 21.9 Å². The molecular weight excluding hydrogens is 244 g/mol. The molecule has 1 aliphatic carbocycles. The average molecular weight is 262 g/mol. The molecule has 0 aliphatic heterocycles. The Labute approximate surface area is 111 Å². The Balaban J connectivity index is 2.04. The quantitative estimate of drug-likeness (QED) is 0.325. The van der Waals surface area contributed by atoms with Crippen LogP contribution < -0.4 is 11.1 Å². The lowest BCUT2D eigenvalue weighted by atomic mass is 9.67. The Morgan fingerprint density at radius 1 is 1.63 bits per heavy atom. The summed E-state index contributed by atoms with van der Waals surface area (Å²) in [5.41, 5.74) is 6.65. The van der Waals surface area contributed by atoms with Gasteiger partial charge in [0.1, 0.15) is 5.41 Å². The minimum atomic E-state index is -0.836. The smallest absolute Gasteiger partial charge is 0.234 e. The van der Waals surface area contributed by atoms with E-state index in [1.54, 1.807) is 6.20 Å². The van der Waals surface area contributed by atoms with Crippen molar-refractivity contribution in [3.63, 3.8) is 0 Å². The number of amides is 1. The Hall–Kier alpha value is -2.11. The lowest BCUT2D eigenvalue weighted by molar-refractivity contribution is -0.131. The highest BCUT2D eigenvalue weighted by atomic mass is 16.4. The molecule has 6 heteroatoms. The van der Waals surface area contributed by atoms with Gasteiger partial charge in [0.15, 0.2) is 5.84 Å². The molecule has 1 aliphatic rings. The maximum atomic E-state index is 12.2. The molecule has 0 unspecified atom stereocenters. The molecule has 0 radical (unpaired) electrons. The van der Waals surface area contributed by atoms with E-state index in [-0.39, 0.29) is 11.7 Å². The van der Waals surface area contributed by atoms with E-state index in [0.29, 0.717) is 19.4 Å². The highest BCUT2D eigenvalue weighted by molar-refractivity contribution is 6.07. The second kappa shape index (κ2) is 5.26. The van der Waals surface area contributed by atoms with E-state index < -0.39 is 5.41 Å². The summed E-state index contributed by atoms with van der Waals surface area (Å²) in [5.74, 6) is -0.201. The number of nitrogens with one attached hydrogen (secondary N) is 1. The summed E-state index contributed by atoms with van der Waals surface area (Å²) in [6.45, 7) is 2.29. The molecule has 1 fully saturated rings. The Bertz CT molecular complexity index is 509. The van der Waals surface area contributed by atoms with E-state index >= 15 is 0 Å². The van der Waals surface area contributed by atoms with Crippen molar-refractivity contribution in [3.05, 3.63) is 29.6 Å². The van der Waals surface area contributed by atoms with Gasteiger partial charge in [0.2, 0.25) is 5.91 Å². The van der Waals surface area contributed by atoms with Gasteiger partial charge in [-0.1, -0.05) is 17.6 Å². The molecule has 1 heterocycles. The van der Waals surface area contributed by atoms with Crippen LogP contribution in [0.25, 0.3) is 0 Å². The van der Waals surface area contributed by atoms with Crippen molar-refractivity contribution in [2.75, 3.05) is 0 Å². The van der Waals surface area contributed by atoms with Gasteiger partial charge in [0.25, 0.3) is 0 Å². The fourth-order valence-electron chi connectivity index (χ4n) is 2.26. The molecule has 0 spiro atoms. The molecule has 1 saturated carbocycles. The summed E-state index contributed by atoms with van der Waals surface area (Å²) in [6, 6.07) is 3.79. The van der Waals surface area contributed by atoms with Crippen molar-refractivity contribution in [2.24, 2.45) is 16.3 Å². The van der Waals surface area contributed by atoms with Crippen molar-refractivity contribution < 1.29 is 10.0 Å². The molecule has 6 nitrogen and oxygen atoms in total. The minimum absolute atomic E-state index is 0.00556. The maximum absolute atomic E-state index is 12.2. The van der Waals surface area contributed by atoms with Crippen molar-refractivity contribution in [1.29, 1.82) is 0 Å². The van der Waals surface area contributed by atoms with Gasteiger partial charge < -0.3 is 16.3 Å². The number of carbonyl (C=O) groups is 1. The second-order valence-corrected chi connectivity index (χ2v) is 4.87. The number of oxime groups is 1. The van der Waals surface area contributed by atoms with Crippen molar-refractivity contribution in [3.8, 4) is 0 Å². The molecule has 0 saturated heterocycles. The Kier molecular flexibility index (Phi) is 3.69. The highest BCUT2D eigenvalue weighted by Crippen LogP contribution is 2.41. The second-order valence-electron chi connectivity index (χ2n) is 4.87. The molecule has 19 heavy (non-hydrogen) atoms. The first-order valence-corrected chi connectivity index (χ1v) is 6.27. The first kappa shape index (κ1) is 13.3. The van der Waals surface area contributed by atoms with Crippen LogP contribution in [0.2, 0.25) is 0 Å². The van der Waals surface area contributed by atoms with Gasteiger partial charge >= 0.3 is 0 Å². The van der Waals surface area contributed by atoms with Gasteiger partial charge in [-0.25, -0.2) is 0 Å². The van der Waals surface area contributed by atoms with Crippen LogP contribution in [-0.2, 0) is 11.3 Å². The standard InChI is InChI=1S/C13H18N4O2/c1-9-4-2-7-15-10(9)8-16-12(18)13(5-3-6-13)11(14)17-19/h2,4,7,19H,3,5-6,8H2,1H3,(H2,14,17)(H,16,18). The van der Waals surface area contributed by atoms with Crippen LogP contribution in [0.15, 0.2) is 23.5 Å². The van der Waals surface area contributed by atoms with Crippen LogP contribution in [0.5, 0.6) is 0 Å². The zero-order chi connectivity index (χ0) is 13.9. The Morgan fingerprint density at radius 3 is 2.89 bits per heavy atom. The summed E-state index contributed by atoms with van der Waals surface area (Å²) in [4.78, 5) is 16.4. The molecule has 1 amide bonds. The van der Waals surface area contributed by atoms with Crippen molar-refractivity contribution >= 4 is 11.7 Å². The summed E-state index contributed by atoms with van der Waals surface area (Å²) in [6.07, 6.45) is 3.84. The first-order valence-electron chi connectivity index (χ1n) is 6.27. The van der Waals surface area contributed by atoms with Crippen LogP contribution in [0.1, 0.15) is 30.5 Å². The predicted molar refractivity (Wildman–Crippen MR) is 70.5 cm³/mol. The molecule has 0 aromatic carbocycles. The summed E-state index contributed by atoms with van der Waals surface area (Å²) in [5, 5.41) is 14.6. The van der Waals surface area contributed by atoms with E-state index in [1.165, 1.54) is 0 Å². The lowest BCUT2D eigenvalue weighted by Crippen LogP contribution is -2.53. The third-order valence-electron chi connectivity index (χ3n) is 3.77. The number of aryl methyl sites for hydroxylation is 1. The van der Waals surface area contributed by atoms with Crippen molar-refractivity contribution in [2.45, 2.75) is 32.7 Å². The highest BCUT2D eigenvalue weighted by Gasteiger charge is 2.48. The van der Waals surface area contributed by atoms with E-state index in [9.17, 15) is 4.79 Å². The van der Waals surface area contributed by atoms with Crippen LogP contribution in [0.4, 0.5) is 0 Å². The number of carbonyl (C=O) groups excluding carboxylic acids is 1. The van der Waals surface area contributed by atoms with E-state index in [0.717, 1.165) is 17.7 Å². The largest absolute Gasteiger partial charge is 0.409 e. The predicted octanol–water partition coefficient (Wildman–Crippen LogP) is 0.923. The van der Waals surface area contributed by atoms with Crippen LogP contribution >= 0.6 is 0 Å². The average Bonchev–Trinajstić information content (AvgIpc) is 2.36. The number of nitrogens with two attached hydrogens (primary N) is 1. The summed E-state index contributed by atoms with van der Waals surface area (Å²) < 4.78 is 0. The van der Waals surface area contributed by atoms with Gasteiger partial charge in [-0.2, -0.15) is 0 Å². The maximum Gasteiger partial charge on any atom is 0.234 e. The van der Waals surface area contributed by atoms with E-state index in [4.69, 9.17) is 10.9 Å². The summed E-state index contributed by atoms with van der Waals surface area (Å²) >= 11 is 0. The zero-order valence-corrected chi connectivity index (χ0v) is 10.9. The van der Waals surface area contributed by atoms with Crippen LogP contribution in [0, 0.1) is 12.3 Å². The molecule has 1 aromatic rings. The topological polar surface area (TPSA) is 101 Å². The normalized spacial score (nSPS) is 17.6. The lowest BCUT2D eigenvalue weighted by Gasteiger charge is -2.38. The van der Waals surface area contributed by atoms with E-state index in [1.807, 2.05) is 19.1 Å². The first-order chi connectivity index (χ1) is 9.10. The molecule has 0 atom stereocenters. The third kappa shape index (κ3) is 2.38. The number of nitrogens with zero attached hydrogens (tertiary/aromatic N) is 2. The fourth-order valence-corrected chi connectivity index (χ4v) is 2.26. The van der Waals surface area contributed by atoms with Crippen molar-refractivity contribution in [1.82, 2.24) is 10.3 Å². The monoisotopic (exact) mass is 262 g/mol. The zero-order valence-electron chi connectivity index (χ0n) is 10.9. The van der Waals surface area contributed by atoms with Gasteiger partial charge in [-0.15, -0.1) is 0 Å². The Morgan fingerprint density at radius 2 is 2.37 bits per heavy atom. The summed E-state index contributed by atoms with van der Waals surface area (Å²) in [7, 11) is 0. The number of hydrogen-bond donors (Lipinski definition) is 3. The van der Waals surface area contributed by atoms with Gasteiger partial charge in [-0.05, 0) is 31.4 Å². The van der Waals surface area contributed by atoms with E-state index in [2.05, 4.69) is 15.5 Å². The third-order valence-corrected chi connectivity index (χ3v) is 3.77. The molecule has 1 aromatic heterocycles. The molecule has 102 valence electrons. The number of hydrogen-bond acceptors (Lipinski definition) is 4. The van der Waals surface area contributed by atoms with Crippen LogP contribution in [0.3, 0.4) is 0 Å². The fraction of sp³-hybridized carbons (Fsp3) is 0.462. The van der Waals surface area contributed by atoms with Gasteiger partial charge in [0.05, 0.1) is 12.2 Å².